The van der Waals surface area contributed by atoms with Crippen molar-refractivity contribution in [1.29, 1.82) is 0 Å². The molecule has 29 heavy (non-hydrogen) atoms. The van der Waals surface area contributed by atoms with E-state index in [4.69, 9.17) is 9.84 Å². The van der Waals surface area contributed by atoms with E-state index in [1.165, 1.54) is 0 Å². The van der Waals surface area contributed by atoms with Gasteiger partial charge < -0.3 is 9.64 Å². The summed E-state index contributed by atoms with van der Waals surface area (Å²) in [4.78, 5) is 21.7. The van der Waals surface area contributed by atoms with E-state index in [-0.39, 0.29) is 23.6 Å². The summed E-state index contributed by atoms with van der Waals surface area (Å²) >= 11 is 0. The summed E-state index contributed by atoms with van der Waals surface area (Å²) in [6.07, 6.45) is 2.79. The molecule has 0 saturated carbocycles. The van der Waals surface area contributed by atoms with Crippen LogP contribution in [0, 0.1) is 0 Å². The zero-order valence-corrected chi connectivity index (χ0v) is 17.6. The van der Waals surface area contributed by atoms with E-state index in [0.717, 1.165) is 25.3 Å². The molecule has 2 aromatic rings. The number of piperidine rings is 1. The molecule has 4 heterocycles. The van der Waals surface area contributed by atoms with Gasteiger partial charge in [-0.15, -0.1) is 0 Å². The number of pyridine rings is 1. The number of nitrogens with one attached hydrogen (secondary N) is 1. The lowest BCUT2D eigenvalue weighted by molar-refractivity contribution is -0.0875. The lowest BCUT2D eigenvalue weighted by Gasteiger charge is -2.45. The Balaban J connectivity index is 1.55. The third-order valence-electron chi connectivity index (χ3n) is 5.73. The first-order chi connectivity index (χ1) is 13.8. The molecule has 4 rings (SSSR count). The van der Waals surface area contributed by atoms with Gasteiger partial charge in [-0.2, -0.15) is 9.78 Å². The van der Waals surface area contributed by atoms with Crippen LogP contribution in [0.3, 0.4) is 0 Å². The minimum Gasteiger partial charge on any atom is -0.375 e. The second-order valence-electron chi connectivity index (χ2n) is 8.89. The lowest BCUT2D eigenvalue weighted by Crippen LogP contribution is -2.60. The van der Waals surface area contributed by atoms with Crippen molar-refractivity contribution in [2.75, 3.05) is 38.6 Å². The van der Waals surface area contributed by atoms with Crippen LogP contribution in [-0.4, -0.2) is 76.0 Å². The Morgan fingerprint density at radius 1 is 1.28 bits per heavy atom. The topological polar surface area (TPSA) is 75.5 Å². The zero-order chi connectivity index (χ0) is 20.6. The van der Waals surface area contributed by atoms with Crippen LogP contribution in [0.15, 0.2) is 30.5 Å². The normalized spacial score (nSPS) is 23.0. The Morgan fingerprint density at radius 3 is 2.83 bits per heavy atom. The first-order valence-corrected chi connectivity index (χ1v) is 10.2. The van der Waals surface area contributed by atoms with Crippen molar-refractivity contribution in [3.63, 3.8) is 0 Å². The summed E-state index contributed by atoms with van der Waals surface area (Å²) < 4.78 is 7.60. The van der Waals surface area contributed by atoms with Crippen LogP contribution in [0.2, 0.25) is 0 Å². The summed E-state index contributed by atoms with van der Waals surface area (Å²) in [7, 11) is 2.10. The van der Waals surface area contributed by atoms with Crippen molar-refractivity contribution >= 4 is 11.8 Å². The summed E-state index contributed by atoms with van der Waals surface area (Å²) in [6.45, 7) is 9.33. The highest BCUT2D eigenvalue weighted by Crippen LogP contribution is 2.27. The molecule has 2 atom stereocenters. The van der Waals surface area contributed by atoms with Crippen LogP contribution in [0.1, 0.15) is 32.9 Å². The quantitative estimate of drug-likeness (QED) is 0.841. The van der Waals surface area contributed by atoms with Gasteiger partial charge in [-0.1, -0.05) is 26.8 Å². The lowest BCUT2D eigenvalue weighted by atomic mass is 9.92. The van der Waals surface area contributed by atoms with Gasteiger partial charge in [0.25, 0.3) is 0 Å². The summed E-state index contributed by atoms with van der Waals surface area (Å²) in [6, 6.07) is 7.73. The molecule has 2 amide bonds. The van der Waals surface area contributed by atoms with E-state index in [9.17, 15) is 4.79 Å². The second-order valence-corrected chi connectivity index (χ2v) is 8.89. The molecule has 8 nitrogen and oxygen atoms in total. The monoisotopic (exact) mass is 398 g/mol. The van der Waals surface area contributed by atoms with Crippen molar-refractivity contribution in [3.05, 3.63) is 36.2 Å². The number of morpholine rings is 1. The van der Waals surface area contributed by atoms with Crippen molar-refractivity contribution in [2.24, 2.45) is 0 Å². The van der Waals surface area contributed by atoms with E-state index in [1.54, 1.807) is 10.9 Å². The molecule has 2 fully saturated rings. The van der Waals surface area contributed by atoms with Crippen LogP contribution < -0.4 is 5.32 Å². The minimum absolute atomic E-state index is 0.111. The fourth-order valence-corrected chi connectivity index (χ4v) is 3.91. The van der Waals surface area contributed by atoms with Crippen molar-refractivity contribution in [2.45, 2.75) is 44.8 Å². The number of aromatic nitrogens is 3. The number of nitrogens with zero attached hydrogens (tertiary/aromatic N) is 5. The van der Waals surface area contributed by atoms with E-state index < -0.39 is 0 Å². The molecule has 2 aromatic heterocycles. The molecule has 0 bridgehead atoms. The fourth-order valence-electron chi connectivity index (χ4n) is 3.91. The first kappa shape index (κ1) is 19.8. The van der Waals surface area contributed by atoms with Gasteiger partial charge >= 0.3 is 6.03 Å². The number of ether oxygens (including phenoxy) is 1. The standard InChI is InChI=1S/C21H30N6O2/c1-21(2,3)17-13-19(27(24-17)18-7-5-6-9-22-18)23-20(28)26-10-8-16-15(14-26)25(4)11-12-29-16/h5-7,9,13,15-16H,8,10-12,14H2,1-4H3,(H,23,28). The van der Waals surface area contributed by atoms with Crippen molar-refractivity contribution in [3.8, 4) is 5.82 Å². The van der Waals surface area contributed by atoms with Gasteiger partial charge in [0.15, 0.2) is 5.82 Å². The molecular weight excluding hydrogens is 368 g/mol. The molecule has 0 radical (unpaired) electrons. The van der Waals surface area contributed by atoms with E-state index in [1.807, 2.05) is 29.2 Å². The van der Waals surface area contributed by atoms with E-state index in [2.05, 4.69) is 43.0 Å². The number of amides is 2. The highest BCUT2D eigenvalue weighted by atomic mass is 16.5. The molecule has 156 valence electrons. The molecule has 0 aliphatic carbocycles. The number of likely N-dealkylation sites (tertiary alicyclic amines) is 1. The first-order valence-electron chi connectivity index (χ1n) is 10.2. The minimum atomic E-state index is -0.139. The smallest absolute Gasteiger partial charge is 0.323 e. The molecule has 8 heteroatoms. The van der Waals surface area contributed by atoms with Crippen LogP contribution in [0.4, 0.5) is 10.6 Å². The van der Waals surface area contributed by atoms with E-state index >= 15 is 0 Å². The Hall–Kier alpha value is -2.45. The highest BCUT2D eigenvalue weighted by molar-refractivity contribution is 5.89. The Labute approximate surface area is 171 Å². The number of fused-ring (bicyclic) bond motifs is 1. The SMILES string of the molecule is CN1CCOC2CCN(C(=O)Nc3cc(C(C)(C)C)nn3-c3ccccn3)CC21. The third-order valence-corrected chi connectivity index (χ3v) is 5.73. The maximum atomic E-state index is 13.1. The summed E-state index contributed by atoms with van der Waals surface area (Å²) in [5.41, 5.74) is 0.762. The van der Waals surface area contributed by atoms with Gasteiger partial charge in [-0.25, -0.2) is 9.78 Å². The number of likely N-dealkylation sites (N-methyl/N-ethyl adjacent to an activating group) is 1. The van der Waals surface area contributed by atoms with Crippen LogP contribution in [0.25, 0.3) is 5.82 Å². The Bertz CT molecular complexity index is 860. The van der Waals surface area contributed by atoms with Gasteiger partial charge in [0, 0.05) is 37.3 Å². The molecule has 2 aliphatic heterocycles. The zero-order valence-electron chi connectivity index (χ0n) is 17.6. The number of anilines is 1. The average Bonchev–Trinajstić information content (AvgIpc) is 3.13. The van der Waals surface area contributed by atoms with Crippen molar-refractivity contribution in [1.82, 2.24) is 24.6 Å². The number of carbonyl (C=O) groups excluding carboxylic acids is 1. The van der Waals surface area contributed by atoms with Gasteiger partial charge in [0.1, 0.15) is 5.82 Å². The molecule has 2 aliphatic rings. The van der Waals surface area contributed by atoms with Gasteiger partial charge in [-0.3, -0.25) is 10.2 Å². The predicted molar refractivity (Wildman–Crippen MR) is 111 cm³/mol. The maximum absolute atomic E-state index is 13.1. The Kier molecular flexibility index (Phi) is 5.31. The number of rotatable bonds is 2. The third kappa shape index (κ3) is 4.13. The molecule has 2 unspecified atom stereocenters. The molecule has 0 aromatic carbocycles. The van der Waals surface area contributed by atoms with Gasteiger partial charge in [0.05, 0.1) is 24.4 Å². The predicted octanol–water partition coefficient (Wildman–Crippen LogP) is 2.50. The number of hydrogen-bond acceptors (Lipinski definition) is 5. The number of carbonyl (C=O) groups is 1. The average molecular weight is 399 g/mol. The second kappa shape index (κ2) is 7.76. The fraction of sp³-hybridized carbons (Fsp3) is 0.571. The number of hydrogen-bond donors (Lipinski definition) is 1. The van der Waals surface area contributed by atoms with Gasteiger partial charge in [0.2, 0.25) is 0 Å². The van der Waals surface area contributed by atoms with Crippen LogP contribution in [-0.2, 0) is 10.2 Å². The van der Waals surface area contributed by atoms with Crippen molar-refractivity contribution < 1.29 is 9.53 Å². The molecular formula is C21H30N6O2. The van der Waals surface area contributed by atoms with Gasteiger partial charge in [-0.05, 0) is 25.6 Å². The molecule has 0 spiro atoms. The summed E-state index contributed by atoms with van der Waals surface area (Å²) in [5.74, 6) is 1.31. The summed E-state index contributed by atoms with van der Waals surface area (Å²) in [5, 5.41) is 7.79. The number of urea groups is 1. The molecule has 2 saturated heterocycles. The largest absolute Gasteiger partial charge is 0.375 e. The molecule has 1 N–H and O–H groups in total. The highest BCUT2D eigenvalue weighted by Gasteiger charge is 2.37. The van der Waals surface area contributed by atoms with Crippen LogP contribution in [0.5, 0.6) is 0 Å². The Morgan fingerprint density at radius 2 is 2.10 bits per heavy atom. The van der Waals surface area contributed by atoms with Crippen LogP contribution >= 0.6 is 0 Å². The van der Waals surface area contributed by atoms with E-state index in [0.29, 0.717) is 24.7 Å². The maximum Gasteiger partial charge on any atom is 0.323 e.